The van der Waals surface area contributed by atoms with E-state index in [0.717, 1.165) is 43.8 Å². The second kappa shape index (κ2) is 11.1. The van der Waals surface area contributed by atoms with E-state index in [1.54, 1.807) is 0 Å². The van der Waals surface area contributed by atoms with Crippen molar-refractivity contribution in [1.29, 1.82) is 5.26 Å². The number of nitriles is 1. The lowest BCUT2D eigenvalue weighted by molar-refractivity contribution is 0.0737. The molecule has 0 aromatic heterocycles. The predicted molar refractivity (Wildman–Crippen MR) is 96.1 cm³/mol. The lowest BCUT2D eigenvalue weighted by Gasteiger charge is -2.30. The van der Waals surface area contributed by atoms with E-state index in [2.05, 4.69) is 13.0 Å². The maximum atomic E-state index is 8.98. The minimum absolute atomic E-state index is 0.360. The van der Waals surface area contributed by atoms with Gasteiger partial charge in [-0.15, -0.1) is 0 Å². The van der Waals surface area contributed by atoms with Gasteiger partial charge in [0.25, 0.3) is 0 Å². The molecule has 0 spiro atoms. The third kappa shape index (κ3) is 7.25. The van der Waals surface area contributed by atoms with Crippen molar-refractivity contribution in [2.75, 3.05) is 13.2 Å². The molecule has 2 nitrogen and oxygen atoms in total. The fraction of sp³-hybridized carbons (Fsp3) is 0.952. The van der Waals surface area contributed by atoms with Crippen LogP contribution in [0, 0.1) is 35.0 Å². The Balaban J connectivity index is 1.49. The van der Waals surface area contributed by atoms with Gasteiger partial charge < -0.3 is 4.74 Å². The molecule has 0 N–H and O–H groups in total. The number of nitrogens with zero attached hydrogens (tertiary/aromatic N) is 1. The summed E-state index contributed by atoms with van der Waals surface area (Å²) in [5, 5.41) is 8.98. The van der Waals surface area contributed by atoms with E-state index < -0.39 is 0 Å². The largest absolute Gasteiger partial charge is 0.381 e. The number of hydrogen-bond acceptors (Lipinski definition) is 2. The molecule has 2 saturated carbocycles. The third-order valence-corrected chi connectivity index (χ3v) is 6.22. The van der Waals surface area contributed by atoms with Crippen molar-refractivity contribution in [3.05, 3.63) is 0 Å². The van der Waals surface area contributed by atoms with Crippen molar-refractivity contribution in [2.45, 2.75) is 90.4 Å². The lowest BCUT2D eigenvalue weighted by Crippen LogP contribution is -2.20. The van der Waals surface area contributed by atoms with Gasteiger partial charge in [-0.2, -0.15) is 5.26 Å². The molecule has 0 saturated heterocycles. The van der Waals surface area contributed by atoms with E-state index in [0.29, 0.717) is 5.92 Å². The molecule has 2 aliphatic rings. The highest BCUT2D eigenvalue weighted by atomic mass is 16.5. The van der Waals surface area contributed by atoms with Gasteiger partial charge in [0.15, 0.2) is 0 Å². The van der Waals surface area contributed by atoms with Crippen molar-refractivity contribution in [2.24, 2.45) is 23.7 Å². The molecule has 0 aromatic rings. The highest BCUT2D eigenvalue weighted by Crippen LogP contribution is 2.36. The number of rotatable bonds is 9. The molecule has 0 heterocycles. The van der Waals surface area contributed by atoms with Crippen molar-refractivity contribution < 1.29 is 4.74 Å². The molecule has 2 rings (SSSR count). The summed E-state index contributed by atoms with van der Waals surface area (Å²) in [5.74, 6) is 3.08. The Bertz CT molecular complexity index is 332. The van der Waals surface area contributed by atoms with Crippen LogP contribution in [0.5, 0.6) is 0 Å². The molecule has 2 fully saturated rings. The van der Waals surface area contributed by atoms with Crippen LogP contribution in [-0.4, -0.2) is 13.2 Å². The Hall–Kier alpha value is -0.550. The minimum Gasteiger partial charge on any atom is -0.381 e. The van der Waals surface area contributed by atoms with Crippen LogP contribution in [0.15, 0.2) is 0 Å². The van der Waals surface area contributed by atoms with Crippen LogP contribution in [-0.2, 0) is 4.74 Å². The molecular formula is C21H37NO. The van der Waals surface area contributed by atoms with Crippen molar-refractivity contribution >= 4 is 0 Å². The highest BCUT2D eigenvalue weighted by Gasteiger charge is 2.24. The second-order valence-corrected chi connectivity index (χ2v) is 8.09. The number of hydrogen-bond donors (Lipinski definition) is 0. The first-order chi connectivity index (χ1) is 11.3. The minimum atomic E-state index is 0.360. The van der Waals surface area contributed by atoms with E-state index in [4.69, 9.17) is 10.00 Å². The zero-order valence-electron chi connectivity index (χ0n) is 15.3. The van der Waals surface area contributed by atoms with E-state index in [1.807, 2.05) is 0 Å². The van der Waals surface area contributed by atoms with Gasteiger partial charge in [-0.25, -0.2) is 0 Å². The molecule has 2 aliphatic carbocycles. The SMILES string of the molecule is CCCCCOCC1CCC(CCC2CCC(C#N)CC2)CC1. The van der Waals surface area contributed by atoms with E-state index in [9.17, 15) is 0 Å². The molecule has 0 bridgehead atoms. The number of unbranched alkanes of at least 4 members (excludes halogenated alkanes) is 2. The topological polar surface area (TPSA) is 33.0 Å². The zero-order valence-corrected chi connectivity index (χ0v) is 15.3. The number of ether oxygens (including phenoxy) is 1. The molecule has 0 atom stereocenters. The molecule has 0 aromatic carbocycles. The molecule has 2 heteroatoms. The first-order valence-corrected chi connectivity index (χ1v) is 10.3. The maximum Gasteiger partial charge on any atom is 0.0655 e. The van der Waals surface area contributed by atoms with Crippen molar-refractivity contribution in [3.8, 4) is 6.07 Å². The fourth-order valence-electron chi connectivity index (χ4n) is 4.44. The van der Waals surface area contributed by atoms with Crippen LogP contribution in [0.3, 0.4) is 0 Å². The molecule has 0 unspecified atom stereocenters. The van der Waals surface area contributed by atoms with Crippen molar-refractivity contribution in [1.82, 2.24) is 0 Å². The normalized spacial score (nSPS) is 31.7. The summed E-state index contributed by atoms with van der Waals surface area (Å²) in [6.07, 6.45) is 17.2. The molecule has 0 amide bonds. The van der Waals surface area contributed by atoms with E-state index in [-0.39, 0.29) is 0 Å². The summed E-state index contributed by atoms with van der Waals surface area (Å²) in [5.41, 5.74) is 0. The van der Waals surface area contributed by atoms with Crippen LogP contribution < -0.4 is 0 Å². The smallest absolute Gasteiger partial charge is 0.0655 e. The zero-order chi connectivity index (χ0) is 16.3. The average molecular weight is 320 g/mol. The van der Waals surface area contributed by atoms with Gasteiger partial charge in [0.2, 0.25) is 0 Å². The van der Waals surface area contributed by atoms with Crippen LogP contribution >= 0.6 is 0 Å². The molecular weight excluding hydrogens is 282 g/mol. The van der Waals surface area contributed by atoms with Crippen LogP contribution in [0.4, 0.5) is 0 Å². The van der Waals surface area contributed by atoms with Gasteiger partial charge in [0.1, 0.15) is 0 Å². The van der Waals surface area contributed by atoms with Gasteiger partial charge in [0.05, 0.1) is 6.07 Å². The fourth-order valence-corrected chi connectivity index (χ4v) is 4.44. The maximum absolute atomic E-state index is 8.98. The Labute approximate surface area is 144 Å². The Morgan fingerprint density at radius 1 is 0.826 bits per heavy atom. The summed E-state index contributed by atoms with van der Waals surface area (Å²) in [4.78, 5) is 0. The predicted octanol–water partition coefficient (Wildman–Crippen LogP) is 6.11. The summed E-state index contributed by atoms with van der Waals surface area (Å²) >= 11 is 0. The van der Waals surface area contributed by atoms with E-state index in [1.165, 1.54) is 70.6 Å². The summed E-state index contributed by atoms with van der Waals surface area (Å²) in [7, 11) is 0. The van der Waals surface area contributed by atoms with Crippen LogP contribution in [0.2, 0.25) is 0 Å². The molecule has 23 heavy (non-hydrogen) atoms. The first-order valence-electron chi connectivity index (χ1n) is 10.3. The third-order valence-electron chi connectivity index (χ3n) is 6.22. The van der Waals surface area contributed by atoms with Gasteiger partial charge in [-0.1, -0.05) is 45.4 Å². The van der Waals surface area contributed by atoms with E-state index >= 15 is 0 Å². The van der Waals surface area contributed by atoms with Gasteiger partial charge in [-0.05, 0) is 62.7 Å². The molecule has 0 aliphatic heterocycles. The molecule has 0 radical (unpaired) electrons. The highest BCUT2D eigenvalue weighted by molar-refractivity contribution is 4.87. The van der Waals surface area contributed by atoms with Crippen molar-refractivity contribution in [3.63, 3.8) is 0 Å². The monoisotopic (exact) mass is 319 g/mol. The summed E-state index contributed by atoms with van der Waals surface area (Å²) in [6, 6.07) is 2.45. The Kier molecular flexibility index (Phi) is 9.05. The first kappa shape index (κ1) is 18.8. The average Bonchev–Trinajstić information content (AvgIpc) is 2.61. The lowest BCUT2D eigenvalue weighted by atomic mass is 9.76. The molecule has 132 valence electrons. The summed E-state index contributed by atoms with van der Waals surface area (Å²) < 4.78 is 5.86. The Morgan fingerprint density at radius 2 is 1.39 bits per heavy atom. The van der Waals surface area contributed by atoms with Gasteiger partial charge in [-0.3, -0.25) is 0 Å². The summed E-state index contributed by atoms with van der Waals surface area (Å²) in [6.45, 7) is 4.23. The van der Waals surface area contributed by atoms with Crippen LogP contribution in [0.25, 0.3) is 0 Å². The standard InChI is InChI=1S/C21H37NO/c1-2-3-4-15-23-17-21-13-9-19(10-14-21)6-5-18-7-11-20(16-22)12-8-18/h18-21H,2-15,17H2,1H3. The quantitative estimate of drug-likeness (QED) is 0.480. The van der Waals surface area contributed by atoms with Crippen LogP contribution in [0.1, 0.15) is 90.4 Å². The second-order valence-electron chi connectivity index (χ2n) is 8.09. The Morgan fingerprint density at radius 3 is 1.96 bits per heavy atom. The van der Waals surface area contributed by atoms with Gasteiger partial charge >= 0.3 is 0 Å². The van der Waals surface area contributed by atoms with Gasteiger partial charge in [0, 0.05) is 19.1 Å².